The number of nitrogens with zero attached hydrogens (tertiary/aromatic N) is 1. The van der Waals surface area contributed by atoms with Crippen molar-refractivity contribution in [2.24, 2.45) is 4.99 Å². The van der Waals surface area contributed by atoms with Gasteiger partial charge >= 0.3 is 0 Å². The molecular weight excluding hydrogens is 380 g/mol. The van der Waals surface area contributed by atoms with E-state index < -0.39 is 0 Å². The second kappa shape index (κ2) is 9.84. The molecule has 2 aromatic carbocycles. The van der Waals surface area contributed by atoms with Crippen molar-refractivity contribution in [2.75, 3.05) is 20.6 Å². The van der Waals surface area contributed by atoms with E-state index in [1.165, 1.54) is 5.56 Å². The zero-order valence-corrected chi connectivity index (χ0v) is 16.1. The Balaban J connectivity index is 1.82. The van der Waals surface area contributed by atoms with Crippen molar-refractivity contribution < 1.29 is 4.79 Å². The Bertz CT molecular complexity index is 746. The van der Waals surface area contributed by atoms with Crippen LogP contribution in [0.1, 0.15) is 21.5 Å². The van der Waals surface area contributed by atoms with Crippen molar-refractivity contribution in [1.82, 2.24) is 16.0 Å². The van der Waals surface area contributed by atoms with E-state index in [-0.39, 0.29) is 5.91 Å². The third-order valence-electron chi connectivity index (χ3n) is 3.69. The van der Waals surface area contributed by atoms with Crippen LogP contribution in [0.4, 0.5) is 0 Å². The zero-order chi connectivity index (χ0) is 18.1. The topological polar surface area (TPSA) is 65.5 Å². The van der Waals surface area contributed by atoms with Gasteiger partial charge in [0.05, 0.1) is 0 Å². The minimum absolute atomic E-state index is 0.0682. The molecule has 0 unspecified atom stereocenters. The summed E-state index contributed by atoms with van der Waals surface area (Å²) in [5.41, 5.74) is 2.96. The number of hydrogen-bond donors (Lipinski definition) is 3. The minimum atomic E-state index is -0.0682. The maximum Gasteiger partial charge on any atom is 0.251 e. The van der Waals surface area contributed by atoms with Gasteiger partial charge in [-0.05, 0) is 41.8 Å². The summed E-state index contributed by atoms with van der Waals surface area (Å²) in [7, 11) is 3.39. The van der Waals surface area contributed by atoms with Crippen molar-refractivity contribution >= 4 is 27.8 Å². The second-order valence-corrected chi connectivity index (χ2v) is 6.43. The summed E-state index contributed by atoms with van der Waals surface area (Å²) in [4.78, 5) is 15.9. The van der Waals surface area contributed by atoms with Crippen LogP contribution in [0, 0.1) is 0 Å². The van der Waals surface area contributed by atoms with Crippen molar-refractivity contribution in [3.8, 4) is 0 Å². The summed E-state index contributed by atoms with van der Waals surface area (Å²) in [6.45, 7) is 1.43. The SMILES string of the molecule is CN=C(NCCc1cccc(C(=O)NC)c1)NCc1cccc(Br)c1. The Labute approximate surface area is 157 Å². The fourth-order valence-electron chi connectivity index (χ4n) is 2.39. The van der Waals surface area contributed by atoms with E-state index in [0.29, 0.717) is 12.1 Å². The summed E-state index contributed by atoms with van der Waals surface area (Å²) >= 11 is 3.47. The maximum atomic E-state index is 11.7. The summed E-state index contributed by atoms with van der Waals surface area (Å²) in [5.74, 6) is 0.684. The van der Waals surface area contributed by atoms with Crippen LogP contribution in [0.15, 0.2) is 58.0 Å². The molecule has 3 N–H and O–H groups in total. The van der Waals surface area contributed by atoms with Gasteiger partial charge in [0.1, 0.15) is 0 Å². The molecule has 2 rings (SSSR count). The van der Waals surface area contributed by atoms with Crippen molar-refractivity contribution in [2.45, 2.75) is 13.0 Å². The number of amides is 1. The van der Waals surface area contributed by atoms with Gasteiger partial charge in [0.2, 0.25) is 0 Å². The number of halogens is 1. The van der Waals surface area contributed by atoms with Crippen LogP contribution in [0.5, 0.6) is 0 Å². The molecule has 132 valence electrons. The van der Waals surface area contributed by atoms with Crippen LogP contribution in [0.25, 0.3) is 0 Å². The summed E-state index contributed by atoms with van der Waals surface area (Å²) in [6.07, 6.45) is 0.808. The molecule has 2 aromatic rings. The fourth-order valence-corrected chi connectivity index (χ4v) is 2.84. The Morgan fingerprint density at radius 3 is 2.56 bits per heavy atom. The van der Waals surface area contributed by atoms with Crippen LogP contribution in [-0.4, -0.2) is 32.5 Å². The lowest BCUT2D eigenvalue weighted by Crippen LogP contribution is -2.37. The van der Waals surface area contributed by atoms with Crippen LogP contribution in [0.2, 0.25) is 0 Å². The van der Waals surface area contributed by atoms with Gasteiger partial charge in [-0.1, -0.05) is 40.2 Å². The number of carbonyl (C=O) groups is 1. The summed E-state index contributed by atoms with van der Waals surface area (Å²) in [6, 6.07) is 15.8. The largest absolute Gasteiger partial charge is 0.356 e. The number of aliphatic imine (C=N–C) groups is 1. The molecule has 0 aliphatic carbocycles. The Morgan fingerprint density at radius 1 is 1.08 bits per heavy atom. The number of guanidine groups is 1. The Hall–Kier alpha value is -2.34. The highest BCUT2D eigenvalue weighted by molar-refractivity contribution is 9.10. The Morgan fingerprint density at radius 2 is 1.84 bits per heavy atom. The van der Waals surface area contributed by atoms with Gasteiger partial charge in [-0.2, -0.15) is 0 Å². The van der Waals surface area contributed by atoms with E-state index in [1.807, 2.05) is 36.4 Å². The molecule has 0 aliphatic rings. The standard InChI is InChI=1S/C19H23BrN4O/c1-21-18(25)16-7-3-5-14(11-16)9-10-23-19(22-2)24-13-15-6-4-8-17(20)12-15/h3-8,11-12H,9-10,13H2,1-2H3,(H,21,25)(H2,22,23,24). The third kappa shape index (κ3) is 6.23. The molecule has 6 heteroatoms. The molecule has 5 nitrogen and oxygen atoms in total. The normalized spacial score (nSPS) is 11.1. The van der Waals surface area contributed by atoms with Gasteiger partial charge in [-0.25, -0.2) is 0 Å². The average molecular weight is 403 g/mol. The minimum Gasteiger partial charge on any atom is -0.356 e. The first-order chi connectivity index (χ1) is 12.1. The van der Waals surface area contributed by atoms with Gasteiger partial charge in [0.25, 0.3) is 5.91 Å². The van der Waals surface area contributed by atoms with Gasteiger partial charge in [0.15, 0.2) is 5.96 Å². The van der Waals surface area contributed by atoms with E-state index in [9.17, 15) is 4.79 Å². The highest BCUT2D eigenvalue weighted by atomic mass is 79.9. The first-order valence-electron chi connectivity index (χ1n) is 8.12. The van der Waals surface area contributed by atoms with Crippen LogP contribution in [0.3, 0.4) is 0 Å². The van der Waals surface area contributed by atoms with E-state index in [1.54, 1.807) is 14.1 Å². The number of rotatable bonds is 6. The molecule has 0 atom stereocenters. The fraction of sp³-hybridized carbons (Fsp3) is 0.263. The lowest BCUT2D eigenvalue weighted by atomic mass is 10.1. The molecular formula is C19H23BrN4O. The molecule has 0 bridgehead atoms. The molecule has 0 aliphatic heterocycles. The Kier molecular flexibility index (Phi) is 7.47. The first-order valence-corrected chi connectivity index (χ1v) is 8.91. The van der Waals surface area contributed by atoms with E-state index in [2.05, 4.69) is 49.0 Å². The lowest BCUT2D eigenvalue weighted by molar-refractivity contribution is 0.0963. The smallest absolute Gasteiger partial charge is 0.251 e. The molecule has 25 heavy (non-hydrogen) atoms. The monoisotopic (exact) mass is 402 g/mol. The highest BCUT2D eigenvalue weighted by Gasteiger charge is 2.04. The molecule has 0 aromatic heterocycles. The molecule has 0 spiro atoms. The van der Waals surface area contributed by atoms with E-state index >= 15 is 0 Å². The van der Waals surface area contributed by atoms with E-state index in [0.717, 1.165) is 29.0 Å². The molecule has 0 heterocycles. The quantitative estimate of drug-likeness (QED) is 0.513. The molecule has 0 saturated heterocycles. The maximum absolute atomic E-state index is 11.7. The van der Waals surface area contributed by atoms with Crippen molar-refractivity contribution in [3.63, 3.8) is 0 Å². The van der Waals surface area contributed by atoms with Crippen LogP contribution >= 0.6 is 15.9 Å². The number of benzene rings is 2. The zero-order valence-electron chi connectivity index (χ0n) is 14.5. The average Bonchev–Trinajstić information content (AvgIpc) is 2.64. The molecule has 1 amide bonds. The molecule has 0 radical (unpaired) electrons. The predicted octanol–water partition coefficient (Wildman–Crippen LogP) is 2.72. The summed E-state index contributed by atoms with van der Waals surface area (Å²) in [5, 5.41) is 9.23. The molecule has 0 saturated carbocycles. The van der Waals surface area contributed by atoms with Gasteiger partial charge in [0, 0.05) is 37.2 Å². The van der Waals surface area contributed by atoms with Crippen molar-refractivity contribution in [1.29, 1.82) is 0 Å². The number of hydrogen-bond acceptors (Lipinski definition) is 2. The number of carbonyl (C=O) groups excluding carboxylic acids is 1. The summed E-state index contributed by atoms with van der Waals surface area (Å²) < 4.78 is 1.06. The van der Waals surface area contributed by atoms with Crippen molar-refractivity contribution in [3.05, 3.63) is 69.7 Å². The van der Waals surface area contributed by atoms with Gasteiger partial charge in [-0.3, -0.25) is 9.79 Å². The van der Waals surface area contributed by atoms with Gasteiger partial charge < -0.3 is 16.0 Å². The van der Waals surface area contributed by atoms with Crippen LogP contribution < -0.4 is 16.0 Å². The lowest BCUT2D eigenvalue weighted by Gasteiger charge is -2.12. The van der Waals surface area contributed by atoms with E-state index in [4.69, 9.17) is 0 Å². The number of nitrogens with one attached hydrogen (secondary N) is 3. The third-order valence-corrected chi connectivity index (χ3v) is 4.19. The van der Waals surface area contributed by atoms with Crippen LogP contribution in [-0.2, 0) is 13.0 Å². The first kappa shape index (κ1) is 19.0. The highest BCUT2D eigenvalue weighted by Crippen LogP contribution is 2.11. The second-order valence-electron chi connectivity index (χ2n) is 5.51. The molecule has 0 fully saturated rings. The van der Waals surface area contributed by atoms with Gasteiger partial charge in [-0.15, -0.1) is 0 Å². The predicted molar refractivity (Wildman–Crippen MR) is 106 cm³/mol.